The van der Waals surface area contributed by atoms with Gasteiger partial charge in [0.05, 0.1) is 34.5 Å². The zero-order valence-electron chi connectivity index (χ0n) is 19.0. The number of rotatable bonds is 8. The lowest BCUT2D eigenvalue weighted by molar-refractivity contribution is -0.115. The van der Waals surface area contributed by atoms with Crippen LogP contribution in [-0.4, -0.2) is 20.9 Å². The van der Waals surface area contributed by atoms with Crippen LogP contribution >= 0.6 is 23.1 Å². The minimum atomic E-state index is -0.184. The molecule has 1 amide bonds. The van der Waals surface area contributed by atoms with Gasteiger partial charge in [-0.1, -0.05) is 50.3 Å². The average Bonchev–Trinajstić information content (AvgIpc) is 3.47. The smallest absolute Gasteiger partial charge is 0.232 e. The maximum atomic E-state index is 12.5. The third-order valence-electron chi connectivity index (χ3n) is 4.62. The predicted octanol–water partition coefficient (Wildman–Crippen LogP) is 6.16. The predicted molar refractivity (Wildman–Crippen MR) is 130 cm³/mol. The second-order valence-corrected chi connectivity index (χ2v) is 11.1. The third-order valence-corrected chi connectivity index (χ3v) is 6.71. The van der Waals surface area contributed by atoms with E-state index in [1.165, 1.54) is 11.3 Å². The molecule has 1 N–H and O–H groups in total. The summed E-state index contributed by atoms with van der Waals surface area (Å²) in [6, 6.07) is 9.63. The zero-order chi connectivity index (χ0) is 23.4. The molecule has 0 aliphatic heterocycles. The van der Waals surface area contributed by atoms with Crippen LogP contribution < -0.4 is 5.32 Å². The van der Waals surface area contributed by atoms with Gasteiger partial charge in [-0.3, -0.25) is 4.79 Å². The Bertz CT molecular complexity index is 1220. The third kappa shape index (κ3) is 6.55. The molecule has 0 saturated heterocycles. The number of hydrogen-bond acceptors (Lipinski definition) is 8. The van der Waals surface area contributed by atoms with Crippen LogP contribution in [0.5, 0.6) is 0 Å². The molecule has 0 radical (unpaired) electrons. The molecule has 0 spiro atoms. The minimum absolute atomic E-state index is 0.122. The molecule has 3 heterocycles. The maximum absolute atomic E-state index is 12.5. The van der Waals surface area contributed by atoms with E-state index in [0.717, 1.165) is 22.0 Å². The van der Waals surface area contributed by atoms with Crippen molar-refractivity contribution in [1.29, 1.82) is 0 Å². The number of aryl methyl sites for hydroxylation is 1. The van der Waals surface area contributed by atoms with Crippen molar-refractivity contribution in [3.05, 3.63) is 65.8 Å². The van der Waals surface area contributed by atoms with Crippen molar-refractivity contribution < 1.29 is 13.6 Å². The molecule has 172 valence electrons. The number of hydrogen-bond donors (Lipinski definition) is 1. The molecule has 33 heavy (non-hydrogen) atoms. The Kier molecular flexibility index (Phi) is 6.99. The van der Waals surface area contributed by atoms with E-state index >= 15 is 0 Å². The lowest BCUT2D eigenvalue weighted by Crippen LogP contribution is -2.14. The van der Waals surface area contributed by atoms with Crippen molar-refractivity contribution in [2.75, 3.05) is 5.32 Å². The van der Waals surface area contributed by atoms with E-state index < -0.39 is 0 Å². The first-order chi connectivity index (χ1) is 15.7. The number of carbonyl (C=O) groups excluding carboxylic acids is 1. The highest BCUT2D eigenvalue weighted by Gasteiger charge is 2.17. The van der Waals surface area contributed by atoms with Crippen LogP contribution in [0.2, 0.25) is 0 Å². The number of thiazole rings is 1. The van der Waals surface area contributed by atoms with Gasteiger partial charge >= 0.3 is 0 Å². The van der Waals surface area contributed by atoms with E-state index in [2.05, 4.69) is 41.0 Å². The Morgan fingerprint density at radius 3 is 2.67 bits per heavy atom. The first kappa shape index (κ1) is 23.3. The highest BCUT2D eigenvalue weighted by molar-refractivity contribution is 8.00. The van der Waals surface area contributed by atoms with Crippen molar-refractivity contribution >= 4 is 34.1 Å². The van der Waals surface area contributed by atoms with Gasteiger partial charge < -0.3 is 14.2 Å². The quantitative estimate of drug-likeness (QED) is 0.301. The summed E-state index contributed by atoms with van der Waals surface area (Å²) in [4.78, 5) is 25.7. The van der Waals surface area contributed by atoms with E-state index in [4.69, 9.17) is 8.83 Å². The van der Waals surface area contributed by atoms with Gasteiger partial charge in [-0.05, 0) is 24.5 Å². The summed E-state index contributed by atoms with van der Waals surface area (Å²) in [6.45, 7) is 8.32. The molecule has 1 aromatic carbocycles. The molecular formula is C24H26N4O3S2. The van der Waals surface area contributed by atoms with Gasteiger partial charge in [0.25, 0.3) is 0 Å². The molecule has 0 atom stereocenters. The summed E-state index contributed by atoms with van der Waals surface area (Å²) in [5, 5.41) is 3.40. The van der Waals surface area contributed by atoms with E-state index in [0.29, 0.717) is 34.1 Å². The highest BCUT2D eigenvalue weighted by Crippen LogP contribution is 2.31. The lowest BCUT2D eigenvalue weighted by Gasteiger charge is -2.15. The summed E-state index contributed by atoms with van der Waals surface area (Å²) in [5.74, 6) is 3.16. The summed E-state index contributed by atoms with van der Waals surface area (Å²) in [6.07, 6.45) is 4.52. The molecule has 4 rings (SSSR count). The van der Waals surface area contributed by atoms with Crippen molar-refractivity contribution in [3.63, 3.8) is 0 Å². The van der Waals surface area contributed by atoms with Crippen LogP contribution in [0.15, 0.2) is 55.8 Å². The minimum Gasteiger partial charge on any atom is -0.445 e. The number of anilines is 1. The topological polar surface area (TPSA) is 94.1 Å². The maximum Gasteiger partial charge on any atom is 0.232 e. The number of nitrogens with zero attached hydrogens (tertiary/aromatic N) is 3. The van der Waals surface area contributed by atoms with E-state index in [9.17, 15) is 4.79 Å². The number of aromatic nitrogens is 3. The summed E-state index contributed by atoms with van der Waals surface area (Å²) in [5.41, 5.74) is 1.65. The van der Waals surface area contributed by atoms with Gasteiger partial charge in [-0.15, -0.1) is 11.8 Å². The zero-order valence-corrected chi connectivity index (χ0v) is 20.7. The Morgan fingerprint density at radius 2 is 1.91 bits per heavy atom. The molecule has 0 fully saturated rings. The standard InChI is InChI=1S/C24H26N4O3S2/c1-15-18(27-22(30-15)16-8-6-5-7-9-16)10-19(29)28-23-26-13-21(33-23)32-14-20-25-12-17(31-20)11-24(2,3)4/h5-9,12-13H,10-11,14H2,1-4H3,(H,26,28,29). The van der Waals surface area contributed by atoms with Gasteiger partial charge in [-0.2, -0.15) is 0 Å². The lowest BCUT2D eigenvalue weighted by atomic mass is 9.91. The number of carbonyl (C=O) groups is 1. The summed E-state index contributed by atoms with van der Waals surface area (Å²) in [7, 11) is 0. The summed E-state index contributed by atoms with van der Waals surface area (Å²) >= 11 is 3.00. The van der Waals surface area contributed by atoms with E-state index in [1.807, 2.05) is 37.3 Å². The SMILES string of the molecule is Cc1oc(-c2ccccc2)nc1CC(=O)Nc1ncc(SCc2ncc(CC(C)(C)C)o2)s1. The molecule has 9 heteroatoms. The Balaban J connectivity index is 1.30. The molecule has 4 aromatic rings. The summed E-state index contributed by atoms with van der Waals surface area (Å²) < 4.78 is 12.5. The van der Waals surface area contributed by atoms with Crippen LogP contribution in [0, 0.1) is 12.3 Å². The van der Waals surface area contributed by atoms with Gasteiger partial charge in [0, 0.05) is 12.0 Å². The monoisotopic (exact) mass is 482 g/mol. The number of oxazole rings is 2. The molecular weight excluding hydrogens is 456 g/mol. The van der Waals surface area contributed by atoms with Crippen molar-refractivity contribution in [1.82, 2.24) is 15.0 Å². The molecule has 0 bridgehead atoms. The second-order valence-electron chi connectivity index (χ2n) is 8.84. The fourth-order valence-electron chi connectivity index (χ4n) is 3.15. The van der Waals surface area contributed by atoms with Crippen LogP contribution in [0.1, 0.15) is 43.9 Å². The van der Waals surface area contributed by atoms with Crippen LogP contribution in [0.25, 0.3) is 11.5 Å². The number of amides is 1. The van der Waals surface area contributed by atoms with Crippen LogP contribution in [0.3, 0.4) is 0 Å². The Morgan fingerprint density at radius 1 is 1.12 bits per heavy atom. The van der Waals surface area contributed by atoms with E-state index in [1.54, 1.807) is 24.2 Å². The molecule has 0 unspecified atom stereocenters. The molecule has 0 aliphatic carbocycles. The van der Waals surface area contributed by atoms with Crippen molar-refractivity contribution in [2.24, 2.45) is 5.41 Å². The van der Waals surface area contributed by atoms with Crippen LogP contribution in [-0.2, 0) is 23.4 Å². The van der Waals surface area contributed by atoms with Gasteiger partial charge in [0.2, 0.25) is 17.7 Å². The fourth-order valence-corrected chi connectivity index (χ4v) is 4.89. The first-order valence-electron chi connectivity index (χ1n) is 10.6. The molecule has 0 saturated carbocycles. The fraction of sp³-hybridized carbons (Fsp3) is 0.333. The van der Waals surface area contributed by atoms with Crippen LogP contribution in [0.4, 0.5) is 5.13 Å². The largest absolute Gasteiger partial charge is 0.445 e. The second kappa shape index (κ2) is 9.93. The number of thioether (sulfide) groups is 1. The van der Waals surface area contributed by atoms with Gasteiger partial charge in [-0.25, -0.2) is 15.0 Å². The normalized spacial score (nSPS) is 11.6. The number of nitrogens with one attached hydrogen (secondary N) is 1. The Labute approximate surface area is 201 Å². The Hall–Kier alpha value is -2.91. The average molecular weight is 483 g/mol. The highest BCUT2D eigenvalue weighted by atomic mass is 32.2. The van der Waals surface area contributed by atoms with Gasteiger partial charge in [0.15, 0.2) is 5.13 Å². The van der Waals surface area contributed by atoms with E-state index in [-0.39, 0.29) is 17.7 Å². The van der Waals surface area contributed by atoms with Gasteiger partial charge in [0.1, 0.15) is 11.5 Å². The van der Waals surface area contributed by atoms with Crippen molar-refractivity contribution in [3.8, 4) is 11.5 Å². The van der Waals surface area contributed by atoms with Crippen molar-refractivity contribution in [2.45, 2.75) is 50.5 Å². The molecule has 3 aromatic heterocycles. The number of benzene rings is 1. The molecule has 0 aliphatic rings. The first-order valence-corrected chi connectivity index (χ1v) is 12.4. The molecule has 7 nitrogen and oxygen atoms in total.